The van der Waals surface area contributed by atoms with Crippen LogP contribution in [0, 0.1) is 18.3 Å². The van der Waals surface area contributed by atoms with Gasteiger partial charge in [-0.3, -0.25) is 9.69 Å². The van der Waals surface area contributed by atoms with Gasteiger partial charge >= 0.3 is 0 Å². The average molecular weight is 644 g/mol. The minimum absolute atomic E-state index is 0.100. The number of rotatable bonds is 9. The Morgan fingerprint density at radius 2 is 1.91 bits per heavy atom. The van der Waals surface area contributed by atoms with Crippen LogP contribution >= 0.6 is 0 Å². The molecule has 4 heterocycles. The van der Waals surface area contributed by atoms with Gasteiger partial charge in [0, 0.05) is 62.7 Å². The Kier molecular flexibility index (Phi) is 9.49. The molecule has 10 nitrogen and oxygen atoms in total. The molecule has 3 aromatic rings. The predicted octanol–water partition coefficient (Wildman–Crippen LogP) is 6.04. The molecule has 2 unspecified atom stereocenters. The molecule has 1 saturated heterocycles. The molecule has 3 atom stereocenters. The minimum atomic E-state index is -1.97. The van der Waals surface area contributed by atoms with Gasteiger partial charge in [-0.15, -0.1) is 0 Å². The van der Waals surface area contributed by atoms with Gasteiger partial charge in [-0.05, 0) is 74.3 Å². The zero-order valence-electron chi connectivity index (χ0n) is 28.8. The summed E-state index contributed by atoms with van der Waals surface area (Å²) in [6, 6.07) is 10.0. The first kappa shape index (κ1) is 33.8. The summed E-state index contributed by atoms with van der Waals surface area (Å²) < 4.78 is 14.3. The lowest BCUT2D eigenvalue weighted by Crippen LogP contribution is -2.46. The third-order valence-corrected chi connectivity index (χ3v) is 14.2. The first-order valence-corrected chi connectivity index (χ1v) is 19.2. The van der Waals surface area contributed by atoms with Gasteiger partial charge in [0.05, 0.1) is 29.2 Å². The number of ether oxygens (including phenoxy) is 1. The van der Waals surface area contributed by atoms with Crippen molar-refractivity contribution >= 4 is 25.6 Å². The normalized spacial score (nSPS) is 21.8. The molecule has 2 N–H and O–H groups in total. The minimum Gasteiger partial charge on any atom is -0.416 e. The van der Waals surface area contributed by atoms with Gasteiger partial charge in [0.25, 0.3) is 5.56 Å². The summed E-state index contributed by atoms with van der Waals surface area (Å²) in [7, 11) is -1.97. The summed E-state index contributed by atoms with van der Waals surface area (Å²) in [6.07, 6.45) is 3.92. The first-order chi connectivity index (χ1) is 21.6. The fourth-order valence-corrected chi connectivity index (χ4v) is 7.18. The molecular weight excluding hydrogens is 595 g/mol. The molecular formula is C35H49N7O3Si. The van der Waals surface area contributed by atoms with E-state index in [1.807, 2.05) is 31.3 Å². The number of nitriles is 1. The Morgan fingerprint density at radius 3 is 2.59 bits per heavy atom. The molecule has 2 aliphatic heterocycles. The van der Waals surface area contributed by atoms with Gasteiger partial charge in [-0.25, -0.2) is 9.97 Å². The zero-order valence-corrected chi connectivity index (χ0v) is 29.8. The lowest BCUT2D eigenvalue weighted by atomic mass is 9.83. The second-order valence-electron chi connectivity index (χ2n) is 14.9. The second-order valence-corrected chi connectivity index (χ2v) is 19.7. The van der Waals surface area contributed by atoms with E-state index in [4.69, 9.17) is 14.1 Å². The van der Waals surface area contributed by atoms with Crippen molar-refractivity contribution in [3.05, 3.63) is 63.7 Å². The lowest BCUT2D eigenvalue weighted by molar-refractivity contribution is -0.0686. The number of anilines is 3. The molecule has 0 bridgehead atoms. The van der Waals surface area contributed by atoms with Crippen LogP contribution in [0.5, 0.6) is 0 Å². The van der Waals surface area contributed by atoms with Crippen LogP contribution < -0.4 is 16.2 Å². The molecule has 5 rings (SSSR count). The van der Waals surface area contributed by atoms with Crippen molar-refractivity contribution in [2.45, 2.75) is 90.8 Å². The quantitative estimate of drug-likeness (QED) is 0.269. The number of hydrogen-bond donors (Lipinski definition) is 2. The van der Waals surface area contributed by atoms with Crippen molar-refractivity contribution < 1.29 is 9.16 Å². The van der Waals surface area contributed by atoms with Crippen molar-refractivity contribution in [1.82, 2.24) is 19.4 Å². The van der Waals surface area contributed by atoms with E-state index in [0.29, 0.717) is 42.6 Å². The Morgan fingerprint density at radius 1 is 1.20 bits per heavy atom. The maximum absolute atomic E-state index is 13.5. The molecule has 0 saturated carbocycles. The van der Waals surface area contributed by atoms with E-state index in [-0.39, 0.29) is 28.2 Å². The number of aryl methyl sites for hydroxylation is 1. The molecule has 11 heteroatoms. The Bertz CT molecular complexity index is 1680. The van der Waals surface area contributed by atoms with E-state index in [0.717, 1.165) is 42.0 Å². The van der Waals surface area contributed by atoms with Gasteiger partial charge < -0.3 is 24.4 Å². The van der Waals surface area contributed by atoms with Crippen LogP contribution in [0.3, 0.4) is 0 Å². The van der Waals surface area contributed by atoms with E-state index < -0.39 is 8.32 Å². The third kappa shape index (κ3) is 7.20. The monoisotopic (exact) mass is 643 g/mol. The molecule has 1 fully saturated rings. The Hall–Kier alpha value is -3.56. The highest BCUT2D eigenvalue weighted by Crippen LogP contribution is 2.44. The fourth-order valence-electron chi connectivity index (χ4n) is 6.07. The van der Waals surface area contributed by atoms with Gasteiger partial charge in [0.15, 0.2) is 8.32 Å². The van der Waals surface area contributed by atoms with Gasteiger partial charge in [-0.2, -0.15) is 5.26 Å². The molecule has 0 spiro atoms. The van der Waals surface area contributed by atoms with Crippen LogP contribution in [0.1, 0.15) is 58.2 Å². The van der Waals surface area contributed by atoms with E-state index in [1.165, 1.54) is 0 Å². The molecule has 46 heavy (non-hydrogen) atoms. The smallest absolute Gasteiger partial charge is 0.274 e. The molecule has 2 aliphatic rings. The van der Waals surface area contributed by atoms with E-state index >= 15 is 0 Å². The van der Waals surface area contributed by atoms with Gasteiger partial charge in [0.1, 0.15) is 11.8 Å². The van der Waals surface area contributed by atoms with Crippen LogP contribution in [0.4, 0.5) is 17.3 Å². The molecule has 2 aromatic heterocycles. The second kappa shape index (κ2) is 12.9. The summed E-state index contributed by atoms with van der Waals surface area (Å²) in [6.45, 7) is 23.9. The summed E-state index contributed by atoms with van der Waals surface area (Å²) in [4.78, 5) is 25.1. The number of benzene rings is 1. The van der Waals surface area contributed by atoms with E-state index in [2.05, 4.69) is 87.3 Å². The summed E-state index contributed by atoms with van der Waals surface area (Å²) in [5, 5.41) is 16.9. The van der Waals surface area contributed by atoms with E-state index in [1.54, 1.807) is 10.8 Å². The topological polar surface area (TPSA) is 117 Å². The Balaban J connectivity index is 1.39. The molecule has 0 aliphatic carbocycles. The number of fused-ring (bicyclic) bond motifs is 1. The van der Waals surface area contributed by atoms with Gasteiger partial charge in [0.2, 0.25) is 5.95 Å². The molecule has 246 valence electrons. The fraction of sp³-hybridized carbons (Fsp3) is 0.543. The number of nitrogens with one attached hydrogen (secondary N) is 2. The lowest BCUT2D eigenvalue weighted by Gasteiger charge is -2.39. The summed E-state index contributed by atoms with van der Waals surface area (Å²) in [5.41, 5.74) is 4.94. The zero-order chi connectivity index (χ0) is 33.4. The number of pyridine rings is 1. The largest absolute Gasteiger partial charge is 0.416 e. The van der Waals surface area contributed by atoms with Gasteiger partial charge in [-0.1, -0.05) is 27.7 Å². The van der Waals surface area contributed by atoms with E-state index in [9.17, 15) is 10.1 Å². The number of nitrogens with zero attached hydrogens (tertiary/aromatic N) is 5. The highest BCUT2D eigenvalue weighted by Gasteiger charge is 2.42. The maximum atomic E-state index is 13.5. The van der Waals surface area contributed by atoms with Crippen molar-refractivity contribution in [2.75, 3.05) is 43.4 Å². The predicted molar refractivity (Wildman–Crippen MR) is 186 cm³/mol. The average Bonchev–Trinajstić information content (AvgIpc) is 3.32. The van der Waals surface area contributed by atoms with Crippen molar-refractivity contribution in [3.63, 3.8) is 0 Å². The van der Waals surface area contributed by atoms with Crippen LogP contribution in [0.25, 0.3) is 11.3 Å². The van der Waals surface area contributed by atoms with Crippen molar-refractivity contribution in [2.24, 2.45) is 0 Å². The van der Waals surface area contributed by atoms with Crippen LogP contribution in [-0.2, 0) is 21.1 Å². The van der Waals surface area contributed by atoms with Crippen LogP contribution in [0.15, 0.2) is 41.5 Å². The SMILES string of the molecule is Cc1cc(Nc2nccc(-c3cc(C#N)c4c(c3)[C@@](C)(CO[Si](C)(C)C(C)(C)C)CN4)n2)c(=O)n(CCN2CC(C)OC(C)C2)c1. The summed E-state index contributed by atoms with van der Waals surface area (Å²) >= 11 is 0. The maximum Gasteiger partial charge on any atom is 0.274 e. The molecule has 0 radical (unpaired) electrons. The standard InChI is InChI=1S/C35H49N7O3Si/c1-23-14-30(32(43)42(18-23)13-12-41-19-24(2)45-25(3)20-41)40-33-37-11-10-29(39-33)26-15-27(17-36)31-28(16-26)35(7,21-38-31)22-44-46(8,9)34(4,5)6/h10-11,14-16,18,24-25,38H,12-13,19-22H2,1-9H3,(H,37,39,40)/t24?,25?,35-/m1/s1. The third-order valence-electron chi connectivity index (χ3n) is 9.70. The van der Waals surface area contributed by atoms with Crippen LogP contribution in [0.2, 0.25) is 18.1 Å². The molecule has 1 aromatic carbocycles. The highest BCUT2D eigenvalue weighted by molar-refractivity contribution is 6.74. The number of aromatic nitrogens is 3. The van der Waals surface area contributed by atoms with Crippen LogP contribution in [-0.4, -0.2) is 72.7 Å². The first-order valence-electron chi connectivity index (χ1n) is 16.2. The van der Waals surface area contributed by atoms with Crippen molar-refractivity contribution in [3.8, 4) is 17.3 Å². The highest BCUT2D eigenvalue weighted by atomic mass is 28.4. The summed E-state index contributed by atoms with van der Waals surface area (Å²) in [5.74, 6) is 0.323. The number of morpholine rings is 1. The van der Waals surface area contributed by atoms with Crippen molar-refractivity contribution in [1.29, 1.82) is 5.26 Å². The number of hydrogen-bond acceptors (Lipinski definition) is 9. The molecule has 0 amide bonds. The Labute approximate surface area is 274 Å².